The summed E-state index contributed by atoms with van der Waals surface area (Å²) in [4.78, 5) is 68.9. The van der Waals surface area contributed by atoms with Crippen LogP contribution in [0.1, 0.15) is 124 Å². The monoisotopic (exact) mass is 1390 g/mol. The molecule has 27 nitrogen and oxygen atoms in total. The Morgan fingerprint density at radius 3 is 1.39 bits per heavy atom. The molecular formula is C70H91N17O10S2. The largest absolute Gasteiger partial charge is 0.379 e. The van der Waals surface area contributed by atoms with Crippen LogP contribution in [0.4, 0.5) is 16.2 Å². The van der Waals surface area contributed by atoms with Gasteiger partial charge in [-0.1, -0.05) is 49.2 Å². The molecule has 2 aromatic carbocycles. The van der Waals surface area contributed by atoms with Crippen LogP contribution < -0.4 is 14.9 Å². The molecule has 0 bridgehead atoms. The van der Waals surface area contributed by atoms with Crippen LogP contribution in [0, 0.1) is 11.8 Å². The van der Waals surface area contributed by atoms with Crippen molar-refractivity contribution >= 4 is 71.6 Å². The Bertz CT molecular complexity index is 4150. The lowest BCUT2D eigenvalue weighted by molar-refractivity contribution is -0.191. The zero-order chi connectivity index (χ0) is 68.7. The lowest BCUT2D eigenvalue weighted by atomic mass is 9.81. The number of nitrogens with zero attached hydrogens (tertiary/aromatic N) is 16. The normalized spacial score (nSPS) is 19.5. The van der Waals surface area contributed by atoms with E-state index in [-0.39, 0.29) is 31.0 Å². The minimum absolute atomic E-state index is 0.190. The predicted octanol–water partition coefficient (Wildman–Crippen LogP) is 7.38. The van der Waals surface area contributed by atoms with Gasteiger partial charge in [-0.25, -0.2) is 47.7 Å². The molecule has 0 unspecified atom stereocenters. The number of benzene rings is 2. The third kappa shape index (κ3) is 17.6. The fourth-order valence-corrected chi connectivity index (χ4v) is 16.5. The van der Waals surface area contributed by atoms with E-state index in [1.54, 1.807) is 24.8 Å². The quantitative estimate of drug-likeness (QED) is 0.0979. The Morgan fingerprint density at radius 1 is 0.525 bits per heavy atom. The van der Waals surface area contributed by atoms with E-state index in [1.807, 2.05) is 47.3 Å². The molecule has 0 atom stereocenters. The van der Waals surface area contributed by atoms with Crippen LogP contribution in [0.2, 0.25) is 0 Å². The average molecular weight is 1390 g/mol. The highest BCUT2D eigenvalue weighted by atomic mass is 32.2. The zero-order valence-corrected chi connectivity index (χ0v) is 57.9. The summed E-state index contributed by atoms with van der Waals surface area (Å²) in [5, 5.41) is 17.4. The van der Waals surface area contributed by atoms with Gasteiger partial charge < -0.3 is 29.1 Å². The molecule has 6 aromatic heterocycles. The number of para-hydroxylation sites is 2. The Balaban J connectivity index is 0.000000143. The van der Waals surface area contributed by atoms with Gasteiger partial charge in [0.15, 0.2) is 17.1 Å². The van der Waals surface area contributed by atoms with Crippen molar-refractivity contribution in [3.05, 3.63) is 134 Å². The molecule has 8 aliphatic rings. The van der Waals surface area contributed by atoms with Crippen molar-refractivity contribution in [2.24, 2.45) is 17.0 Å². The maximum atomic E-state index is 13.7. The van der Waals surface area contributed by atoms with Crippen LogP contribution in [0.3, 0.4) is 0 Å². The molecule has 6 aliphatic heterocycles. The molecule has 2 aliphatic carbocycles. The van der Waals surface area contributed by atoms with Gasteiger partial charge in [0.25, 0.3) is 10.2 Å². The summed E-state index contributed by atoms with van der Waals surface area (Å²) in [6.07, 6.45) is 28.8. The summed E-state index contributed by atoms with van der Waals surface area (Å²) >= 11 is 0. The Kier molecular flexibility index (Phi) is 24.0. The summed E-state index contributed by atoms with van der Waals surface area (Å²) in [5.41, 5.74) is 8.48. The van der Waals surface area contributed by atoms with Gasteiger partial charge in [-0.3, -0.25) is 13.9 Å². The highest BCUT2D eigenvalue weighted by Gasteiger charge is 2.35. The second-order valence-electron chi connectivity index (χ2n) is 26.7. The molecule has 2 saturated carbocycles. The molecule has 29 heteroatoms. The van der Waals surface area contributed by atoms with Crippen LogP contribution in [0.15, 0.2) is 116 Å². The lowest BCUT2D eigenvalue weighted by Gasteiger charge is -2.36. The molecule has 0 amide bonds. The van der Waals surface area contributed by atoms with Crippen molar-refractivity contribution in [2.45, 2.75) is 102 Å². The SMILES string of the molecule is NS(=O)(=O)N1CCOCC1.O=C(CS(=O)(=O)N1CCOCC1)c1cc(N2CCC(CN3CCCC3)CC2)c2c(C3CCC3)nn(-c3ccccc3)c2n1.O=C(n1ccnc1)n1ccnc1.O=C=O.c1ccc(-n2nc(C3CCC3)c3c(N4CCC(CN5CCCC5)CC4)ccnc32)cc1. The third-order valence-electron chi connectivity index (χ3n) is 20.3. The number of carbonyl (C=O) groups is 2. The number of pyridine rings is 2. The lowest BCUT2D eigenvalue weighted by Crippen LogP contribution is -2.44. The molecule has 16 rings (SSSR count). The van der Waals surface area contributed by atoms with Crippen molar-refractivity contribution in [3.8, 4) is 11.4 Å². The van der Waals surface area contributed by atoms with E-state index >= 15 is 0 Å². The van der Waals surface area contributed by atoms with Gasteiger partial charge in [0.1, 0.15) is 24.1 Å². The molecule has 99 heavy (non-hydrogen) atoms. The van der Waals surface area contributed by atoms with Crippen LogP contribution in [-0.4, -0.2) is 226 Å². The number of rotatable bonds is 15. The molecule has 6 saturated heterocycles. The van der Waals surface area contributed by atoms with Gasteiger partial charge >= 0.3 is 12.2 Å². The number of hydrogen-bond donors (Lipinski definition) is 1. The van der Waals surface area contributed by atoms with Crippen molar-refractivity contribution in [3.63, 3.8) is 0 Å². The number of ketones is 1. The summed E-state index contributed by atoms with van der Waals surface area (Å²) in [6.45, 7) is 14.5. The minimum Gasteiger partial charge on any atom is -0.379 e. The Morgan fingerprint density at radius 2 is 0.970 bits per heavy atom. The van der Waals surface area contributed by atoms with Crippen molar-refractivity contribution in [1.82, 2.24) is 67.0 Å². The van der Waals surface area contributed by atoms with Gasteiger partial charge in [-0.05, 0) is 151 Å². The number of likely N-dealkylation sites (tertiary alicyclic amines) is 2. The first-order chi connectivity index (χ1) is 48.2. The molecule has 12 heterocycles. The van der Waals surface area contributed by atoms with Crippen LogP contribution in [0.5, 0.6) is 0 Å². The molecule has 8 fully saturated rings. The molecular weight excluding hydrogens is 1300 g/mol. The number of aromatic nitrogens is 10. The third-order valence-corrected chi connectivity index (χ3v) is 23.2. The molecule has 8 aromatic rings. The number of morpholine rings is 2. The first-order valence-corrected chi connectivity index (χ1v) is 38.1. The number of Topliss-reactive ketones (excluding diaryl/α,β-unsaturated/α-hetero) is 1. The summed E-state index contributed by atoms with van der Waals surface area (Å²) < 4.78 is 67.2. The number of carbonyl (C=O) groups excluding carboxylic acids is 4. The van der Waals surface area contributed by atoms with Gasteiger partial charge in [0.2, 0.25) is 10.0 Å². The van der Waals surface area contributed by atoms with E-state index < -0.39 is 31.8 Å². The fraction of sp³-hybridized carbons (Fsp3) is 0.529. The number of hydrogen-bond acceptors (Lipinski definition) is 20. The van der Waals surface area contributed by atoms with Crippen LogP contribution >= 0.6 is 0 Å². The van der Waals surface area contributed by atoms with Crippen molar-refractivity contribution in [1.29, 1.82) is 0 Å². The predicted molar refractivity (Wildman–Crippen MR) is 374 cm³/mol. The average Bonchev–Trinajstić information content (AvgIpc) is 1.60. The number of nitrogens with two attached hydrogens (primary N) is 1. The molecule has 2 N–H and O–H groups in total. The van der Waals surface area contributed by atoms with Gasteiger partial charge in [-0.2, -0.15) is 36.8 Å². The summed E-state index contributed by atoms with van der Waals surface area (Å²) in [6, 6.07) is 24.3. The number of imidazole rings is 2. The second-order valence-corrected chi connectivity index (χ2v) is 30.2. The maximum absolute atomic E-state index is 13.7. The maximum Gasteiger partial charge on any atom is 0.373 e. The number of piperidine rings is 2. The highest BCUT2D eigenvalue weighted by Crippen LogP contribution is 2.45. The van der Waals surface area contributed by atoms with E-state index in [1.165, 1.54) is 151 Å². The van der Waals surface area contributed by atoms with Gasteiger partial charge in [0, 0.05) is 108 Å². The topological polar surface area (TPSA) is 298 Å². The summed E-state index contributed by atoms with van der Waals surface area (Å²) in [5.74, 6) is 1.39. The Labute approximate surface area is 578 Å². The Hall–Kier alpha value is -7.96. The van der Waals surface area contributed by atoms with Gasteiger partial charge in [0.05, 0.1) is 71.3 Å². The number of fused-ring (bicyclic) bond motifs is 2. The zero-order valence-electron chi connectivity index (χ0n) is 56.2. The highest BCUT2D eigenvalue weighted by molar-refractivity contribution is 7.89. The standard InChI is InChI=1S/C32H42N6O4S.C26H33N5.C7H6N4O.C4H10N2O3S.CO2/c39-29(23-43(40,41)37-17-19-42-20-18-37)27-21-28(36-15-11-24(12-16-36)22-35-13-4-5-14-35)30-31(25-7-6-8-25)34-38(32(30)33-27)26-9-2-1-3-10-26;1-2-9-22(10-3-1)31-26-24(25(28-31)21-7-6-8-21)23(11-14-27-26)30-17-12-20(13-18-30)19-29-15-4-5-16-29;12-7(10-3-1-8-5-10)11-4-2-9-6-11;5-10(7,8)6-1-3-9-4-2-6;2-1-3/h1-3,9-10,21,24-25H,4-8,11-20,22-23H2;1-3,9-11,14,20-21H,4-8,12-13,15-19H2;1-6H;1-4H2,(H2,5,7,8);. The van der Waals surface area contributed by atoms with E-state index in [2.05, 4.69) is 70.6 Å². The number of ether oxygens (including phenoxy) is 2. The van der Waals surface area contributed by atoms with Gasteiger partial charge in [-0.15, -0.1) is 0 Å². The fourth-order valence-electron chi connectivity index (χ4n) is 14.5. The van der Waals surface area contributed by atoms with E-state index in [0.29, 0.717) is 62.9 Å². The van der Waals surface area contributed by atoms with E-state index in [9.17, 15) is 26.4 Å². The first kappa shape index (κ1) is 70.9. The molecule has 528 valence electrons. The number of sulfonamides is 1. The van der Waals surface area contributed by atoms with E-state index in [4.69, 9.17) is 44.4 Å². The van der Waals surface area contributed by atoms with Crippen molar-refractivity contribution < 1.29 is 45.5 Å². The molecule has 0 radical (unpaired) electrons. The van der Waals surface area contributed by atoms with E-state index in [0.717, 1.165) is 91.6 Å². The first-order valence-electron chi connectivity index (χ1n) is 35.0. The van der Waals surface area contributed by atoms with Crippen LogP contribution in [-0.2, 0) is 39.3 Å². The smallest absolute Gasteiger partial charge is 0.373 e. The molecule has 0 spiro atoms. The summed E-state index contributed by atoms with van der Waals surface area (Å²) in [7, 11) is -7.26. The van der Waals surface area contributed by atoms with Crippen molar-refractivity contribution in [2.75, 3.05) is 134 Å². The minimum atomic E-state index is -3.78. The number of anilines is 2. The van der Waals surface area contributed by atoms with Crippen LogP contribution in [0.25, 0.3) is 33.4 Å². The second kappa shape index (κ2) is 33.5.